The third-order valence-corrected chi connectivity index (χ3v) is 6.44. The second-order valence-corrected chi connectivity index (χ2v) is 11.6. The normalized spacial score (nSPS) is 21.4. The second kappa shape index (κ2) is 12.5. The number of benzene rings is 1. The quantitative estimate of drug-likeness (QED) is 0.151. The van der Waals surface area contributed by atoms with Crippen LogP contribution in [0.2, 0.25) is 0 Å². The fourth-order valence-electron chi connectivity index (χ4n) is 3.65. The van der Waals surface area contributed by atoms with Crippen LogP contribution >= 0.6 is 0 Å². The van der Waals surface area contributed by atoms with Crippen LogP contribution in [0.3, 0.4) is 0 Å². The van der Waals surface area contributed by atoms with Crippen molar-refractivity contribution >= 4 is 22.1 Å². The van der Waals surface area contributed by atoms with Crippen molar-refractivity contribution < 1.29 is 58.5 Å². The summed E-state index contributed by atoms with van der Waals surface area (Å²) >= 11 is 0. The van der Waals surface area contributed by atoms with E-state index in [1.807, 2.05) is 0 Å². The van der Waals surface area contributed by atoms with E-state index in [4.69, 9.17) is 4.74 Å². The Balaban J connectivity index is 0.000000544. The predicted octanol–water partition coefficient (Wildman–Crippen LogP) is 4.17. The third kappa shape index (κ3) is 10.3. The maximum atomic E-state index is 13.4. The summed E-state index contributed by atoms with van der Waals surface area (Å²) in [6, 6.07) is 10.6. The van der Waals surface area contributed by atoms with Crippen molar-refractivity contribution in [1.29, 1.82) is 0 Å². The SMILES string of the molecule is C=CC(=O)OC1(C)CCC(C(=O)OC(C(F)(F)F)C(F)(F)S(=O)(=O)[O-])CC1.C[N+](C)(C)Cc1ccccc1. The molecule has 0 heterocycles. The number of halogens is 5. The van der Waals surface area contributed by atoms with E-state index in [0.717, 1.165) is 17.1 Å². The van der Waals surface area contributed by atoms with Gasteiger partial charge in [0.25, 0.3) is 6.10 Å². The highest BCUT2D eigenvalue weighted by atomic mass is 32.2. The molecule has 0 amide bonds. The molecule has 0 N–H and O–H groups in total. The van der Waals surface area contributed by atoms with Crippen molar-refractivity contribution in [3.05, 3.63) is 48.6 Å². The van der Waals surface area contributed by atoms with Gasteiger partial charge in [0.15, 0.2) is 10.1 Å². The molecule has 1 aromatic rings. The lowest BCUT2D eigenvalue weighted by molar-refractivity contribution is -0.884. The molecule has 38 heavy (non-hydrogen) atoms. The van der Waals surface area contributed by atoms with Crippen LogP contribution in [-0.4, -0.2) is 73.7 Å². The van der Waals surface area contributed by atoms with Crippen molar-refractivity contribution in [2.75, 3.05) is 21.1 Å². The third-order valence-electron chi connectivity index (χ3n) is 5.56. The largest absolute Gasteiger partial charge is 0.743 e. The average Bonchev–Trinajstić information content (AvgIpc) is 2.75. The number of hydrogen-bond donors (Lipinski definition) is 0. The summed E-state index contributed by atoms with van der Waals surface area (Å²) in [6.07, 6.45) is -9.82. The Morgan fingerprint density at radius 3 is 2.03 bits per heavy atom. The lowest BCUT2D eigenvalue weighted by Gasteiger charge is -2.36. The van der Waals surface area contributed by atoms with Gasteiger partial charge >= 0.3 is 23.4 Å². The highest BCUT2D eigenvalue weighted by Gasteiger charge is 2.63. The van der Waals surface area contributed by atoms with Crippen LogP contribution in [0.5, 0.6) is 0 Å². The zero-order valence-electron chi connectivity index (χ0n) is 21.5. The first-order valence-electron chi connectivity index (χ1n) is 11.4. The molecule has 0 aliphatic heterocycles. The molecular weight excluding hydrogens is 541 g/mol. The van der Waals surface area contributed by atoms with E-state index in [1.54, 1.807) is 0 Å². The van der Waals surface area contributed by atoms with Crippen molar-refractivity contribution in [1.82, 2.24) is 0 Å². The highest BCUT2D eigenvalue weighted by molar-refractivity contribution is 7.86. The van der Waals surface area contributed by atoms with Crippen molar-refractivity contribution in [2.24, 2.45) is 5.92 Å². The van der Waals surface area contributed by atoms with E-state index in [-0.39, 0.29) is 25.7 Å². The Morgan fingerprint density at radius 2 is 1.63 bits per heavy atom. The molecule has 0 aromatic heterocycles. The number of carbonyl (C=O) groups excluding carboxylic acids is 2. The number of carbonyl (C=O) groups is 2. The van der Waals surface area contributed by atoms with Gasteiger partial charge in [-0.25, -0.2) is 13.2 Å². The van der Waals surface area contributed by atoms with Crippen LogP contribution in [0.15, 0.2) is 43.0 Å². The zero-order chi connectivity index (χ0) is 29.6. The van der Waals surface area contributed by atoms with Crippen molar-refractivity contribution in [2.45, 2.75) is 62.3 Å². The molecule has 2 rings (SSSR count). The number of quaternary nitrogens is 1. The monoisotopic (exact) mass is 573 g/mol. The molecule has 1 atom stereocenters. The highest BCUT2D eigenvalue weighted by Crippen LogP contribution is 2.40. The van der Waals surface area contributed by atoms with Crippen molar-refractivity contribution in [3.63, 3.8) is 0 Å². The average molecular weight is 574 g/mol. The molecule has 216 valence electrons. The number of alkyl halides is 5. The van der Waals surface area contributed by atoms with Gasteiger partial charge in [0.05, 0.1) is 27.1 Å². The smallest absolute Gasteiger partial charge is 0.432 e. The molecule has 1 aromatic carbocycles. The van der Waals surface area contributed by atoms with Crippen LogP contribution in [0.4, 0.5) is 22.0 Å². The Morgan fingerprint density at radius 1 is 1.13 bits per heavy atom. The number of rotatable bonds is 8. The molecule has 1 aliphatic carbocycles. The summed E-state index contributed by atoms with van der Waals surface area (Å²) in [5.74, 6) is -3.75. The molecular formula is C24H32F5NO7S. The van der Waals surface area contributed by atoms with Gasteiger partial charge in [-0.2, -0.15) is 22.0 Å². The van der Waals surface area contributed by atoms with E-state index in [2.05, 4.69) is 62.8 Å². The summed E-state index contributed by atoms with van der Waals surface area (Å²) in [5.41, 5.74) is 0.369. The molecule has 1 fully saturated rings. The minimum Gasteiger partial charge on any atom is -0.743 e. The van der Waals surface area contributed by atoms with Crippen LogP contribution in [-0.2, 0) is 35.7 Å². The molecule has 0 spiro atoms. The first kappa shape index (κ1) is 33.4. The summed E-state index contributed by atoms with van der Waals surface area (Å²) in [7, 11) is -0.139. The Hall–Kier alpha value is -2.58. The Kier molecular flexibility index (Phi) is 11.0. The lowest BCUT2D eigenvalue weighted by atomic mass is 9.79. The topological polar surface area (TPSA) is 110 Å². The van der Waals surface area contributed by atoms with E-state index in [1.165, 1.54) is 12.5 Å². The minimum absolute atomic E-state index is 0.0132. The van der Waals surface area contributed by atoms with Crippen LogP contribution in [0.1, 0.15) is 38.2 Å². The van der Waals surface area contributed by atoms with Gasteiger partial charge in [0.2, 0.25) is 0 Å². The number of ether oxygens (including phenoxy) is 2. The van der Waals surface area contributed by atoms with Crippen molar-refractivity contribution in [3.8, 4) is 0 Å². The molecule has 1 unspecified atom stereocenters. The number of hydrogen-bond acceptors (Lipinski definition) is 7. The number of nitrogens with zero attached hydrogens (tertiary/aromatic N) is 1. The summed E-state index contributed by atoms with van der Waals surface area (Å²) < 4.78 is 106. The maximum Gasteiger partial charge on any atom is 0.432 e. The fraction of sp³-hybridized carbons (Fsp3) is 0.583. The van der Waals surface area contributed by atoms with E-state index < -0.39 is 51.1 Å². The Bertz CT molecular complexity index is 1060. The van der Waals surface area contributed by atoms with E-state index >= 15 is 0 Å². The standard InChI is InChI=1S/C14H17F5O7S.C10H16N/c1-3-9(20)26-12(2)6-4-8(5-7-12)10(21)25-11(13(15,16)17)14(18,19)27(22,23)24;1-11(2,3)9-10-7-5-4-6-8-10/h3,8,11H,1,4-7H2,2H3,(H,22,23,24);4-8H,9H2,1-3H3/q;+1/p-1. The summed E-state index contributed by atoms with van der Waals surface area (Å²) in [5, 5.41) is -5.89. The van der Waals surface area contributed by atoms with Gasteiger partial charge in [-0.15, -0.1) is 0 Å². The zero-order valence-corrected chi connectivity index (χ0v) is 22.3. The van der Waals surface area contributed by atoms with Crippen LogP contribution in [0.25, 0.3) is 0 Å². The number of esters is 2. The maximum absolute atomic E-state index is 13.4. The summed E-state index contributed by atoms with van der Waals surface area (Å²) in [4.78, 5) is 23.1. The van der Waals surface area contributed by atoms with Gasteiger partial charge in [-0.1, -0.05) is 36.9 Å². The van der Waals surface area contributed by atoms with Crippen LogP contribution in [0, 0.1) is 5.92 Å². The van der Waals surface area contributed by atoms with Gasteiger partial charge < -0.3 is 18.5 Å². The fourth-order valence-corrected chi connectivity index (χ4v) is 4.10. The second-order valence-electron chi connectivity index (χ2n) is 10.2. The van der Waals surface area contributed by atoms with Gasteiger partial charge in [0, 0.05) is 11.6 Å². The van der Waals surface area contributed by atoms with Gasteiger partial charge in [-0.3, -0.25) is 4.79 Å². The first-order chi connectivity index (χ1) is 17.1. The molecule has 0 saturated heterocycles. The molecule has 0 bridgehead atoms. The first-order valence-corrected chi connectivity index (χ1v) is 12.8. The van der Waals surface area contributed by atoms with E-state index in [9.17, 15) is 44.5 Å². The lowest BCUT2D eigenvalue weighted by Crippen LogP contribution is -2.53. The van der Waals surface area contributed by atoms with Gasteiger partial charge in [0.1, 0.15) is 12.1 Å². The molecule has 14 heteroatoms. The van der Waals surface area contributed by atoms with Gasteiger partial charge in [-0.05, 0) is 32.6 Å². The molecule has 0 radical (unpaired) electrons. The predicted molar refractivity (Wildman–Crippen MR) is 125 cm³/mol. The summed E-state index contributed by atoms with van der Waals surface area (Å²) in [6.45, 7) is 5.80. The molecule has 1 saturated carbocycles. The minimum atomic E-state index is -6.74. The van der Waals surface area contributed by atoms with E-state index in [0.29, 0.717) is 0 Å². The molecule has 1 aliphatic rings. The van der Waals surface area contributed by atoms with Crippen LogP contribution < -0.4 is 0 Å². The Labute approximate surface area is 218 Å². The molecule has 8 nitrogen and oxygen atoms in total.